The maximum Gasteiger partial charge on any atom is 0.230 e. The summed E-state index contributed by atoms with van der Waals surface area (Å²) >= 11 is 1.29. The Kier molecular flexibility index (Phi) is 6.54. The van der Waals surface area contributed by atoms with Crippen LogP contribution in [0.1, 0.15) is 18.5 Å². The molecule has 1 unspecified atom stereocenters. The molecule has 0 bridgehead atoms. The molecule has 3 rings (SSSR count). The molecular weight excluding hydrogens is 376 g/mol. The number of rotatable bonds is 8. The Balaban J connectivity index is 1.58. The minimum atomic E-state index is -0.229. The quantitative estimate of drug-likeness (QED) is 0.587. The Bertz CT molecular complexity index is 930. The van der Waals surface area contributed by atoms with Crippen LogP contribution in [0, 0.1) is 0 Å². The van der Waals surface area contributed by atoms with E-state index in [0.717, 1.165) is 11.3 Å². The van der Waals surface area contributed by atoms with E-state index in [1.54, 1.807) is 25.2 Å². The number of hydrogen-bond acceptors (Lipinski definition) is 6. The van der Waals surface area contributed by atoms with E-state index < -0.39 is 0 Å². The molecule has 0 spiro atoms. The lowest BCUT2D eigenvalue weighted by atomic mass is 10.1. The number of carbonyl (C=O) groups is 1. The van der Waals surface area contributed by atoms with Crippen LogP contribution in [0.3, 0.4) is 0 Å². The lowest BCUT2D eigenvalue weighted by Crippen LogP contribution is -2.28. The van der Waals surface area contributed by atoms with Crippen molar-refractivity contribution in [1.29, 1.82) is 0 Å². The van der Waals surface area contributed by atoms with Gasteiger partial charge in [0.15, 0.2) is 0 Å². The minimum absolute atomic E-state index is 0.113. The standard InChI is InChI=1S/C20H22N4O3S/c1-14(17-11-16(26-2)9-10-18(17)27-3)22-19(25)12-28-20-21-13-24(23-20)15-7-5-4-6-8-15/h4-11,13-14H,12H2,1-3H3,(H,22,25). The fourth-order valence-electron chi connectivity index (χ4n) is 2.69. The molecule has 0 saturated carbocycles. The summed E-state index contributed by atoms with van der Waals surface area (Å²) in [6.07, 6.45) is 1.64. The zero-order valence-electron chi connectivity index (χ0n) is 16.0. The highest BCUT2D eigenvalue weighted by Gasteiger charge is 2.16. The average Bonchev–Trinajstić information content (AvgIpc) is 3.21. The highest BCUT2D eigenvalue weighted by molar-refractivity contribution is 7.99. The molecule has 0 saturated heterocycles. The molecule has 1 aromatic heterocycles. The van der Waals surface area contributed by atoms with Gasteiger partial charge in [-0.25, -0.2) is 9.67 Å². The van der Waals surface area contributed by atoms with E-state index in [-0.39, 0.29) is 17.7 Å². The number of nitrogens with one attached hydrogen (secondary N) is 1. The second-order valence-electron chi connectivity index (χ2n) is 5.99. The summed E-state index contributed by atoms with van der Waals surface area (Å²) in [6.45, 7) is 1.90. The first kappa shape index (κ1) is 19.8. The molecular formula is C20H22N4O3S. The first-order chi connectivity index (χ1) is 13.6. The molecule has 8 heteroatoms. The third-order valence-electron chi connectivity index (χ3n) is 4.10. The van der Waals surface area contributed by atoms with Gasteiger partial charge in [-0.1, -0.05) is 30.0 Å². The number of thioether (sulfide) groups is 1. The molecule has 28 heavy (non-hydrogen) atoms. The summed E-state index contributed by atoms with van der Waals surface area (Å²) in [4.78, 5) is 16.6. The summed E-state index contributed by atoms with van der Waals surface area (Å²) < 4.78 is 12.3. The van der Waals surface area contributed by atoms with Crippen molar-refractivity contribution < 1.29 is 14.3 Å². The molecule has 0 fully saturated rings. The molecule has 7 nitrogen and oxygen atoms in total. The zero-order valence-corrected chi connectivity index (χ0v) is 16.8. The van der Waals surface area contributed by atoms with Crippen LogP contribution in [0.4, 0.5) is 0 Å². The van der Waals surface area contributed by atoms with Crippen LogP contribution in [-0.4, -0.2) is 40.6 Å². The summed E-state index contributed by atoms with van der Waals surface area (Å²) in [5, 5.41) is 7.91. The largest absolute Gasteiger partial charge is 0.497 e. The Labute approximate surface area is 168 Å². The van der Waals surface area contributed by atoms with Crippen LogP contribution < -0.4 is 14.8 Å². The van der Waals surface area contributed by atoms with Crippen molar-refractivity contribution in [2.24, 2.45) is 0 Å². The van der Waals surface area contributed by atoms with Gasteiger partial charge in [-0.2, -0.15) is 0 Å². The highest BCUT2D eigenvalue weighted by atomic mass is 32.2. The molecule has 1 atom stereocenters. The number of benzene rings is 2. The Hall–Kier alpha value is -3.00. The van der Waals surface area contributed by atoms with Crippen molar-refractivity contribution in [2.45, 2.75) is 18.1 Å². The minimum Gasteiger partial charge on any atom is -0.497 e. The number of carbonyl (C=O) groups excluding carboxylic acids is 1. The molecule has 0 aliphatic heterocycles. The van der Waals surface area contributed by atoms with Gasteiger partial charge in [-0.15, -0.1) is 5.10 Å². The van der Waals surface area contributed by atoms with Gasteiger partial charge in [0.25, 0.3) is 0 Å². The van der Waals surface area contributed by atoms with Crippen molar-refractivity contribution >= 4 is 17.7 Å². The summed E-state index contributed by atoms with van der Waals surface area (Å²) in [5.41, 5.74) is 1.77. The SMILES string of the molecule is COc1ccc(OC)c(C(C)NC(=O)CSc2ncn(-c3ccccc3)n2)c1. The second-order valence-corrected chi connectivity index (χ2v) is 6.94. The van der Waals surface area contributed by atoms with Crippen LogP contribution in [0.5, 0.6) is 11.5 Å². The fourth-order valence-corrected chi connectivity index (χ4v) is 3.30. The molecule has 2 aromatic carbocycles. The summed E-state index contributed by atoms with van der Waals surface area (Å²) in [7, 11) is 3.21. The van der Waals surface area contributed by atoms with Crippen LogP contribution in [-0.2, 0) is 4.79 Å². The molecule has 0 radical (unpaired) electrons. The average molecular weight is 398 g/mol. The predicted octanol–water partition coefficient (Wildman–Crippen LogP) is 3.25. The summed E-state index contributed by atoms with van der Waals surface area (Å²) in [5.74, 6) is 1.51. The Morgan fingerprint density at radius 2 is 1.96 bits per heavy atom. The number of aromatic nitrogens is 3. The zero-order chi connectivity index (χ0) is 19.9. The molecule has 146 valence electrons. The van der Waals surface area contributed by atoms with Crippen molar-refractivity contribution in [1.82, 2.24) is 20.1 Å². The van der Waals surface area contributed by atoms with E-state index in [1.807, 2.05) is 55.5 Å². The third kappa shape index (κ3) is 4.83. The number of methoxy groups -OCH3 is 2. The van der Waals surface area contributed by atoms with Gasteiger partial charge in [0, 0.05) is 5.56 Å². The van der Waals surface area contributed by atoms with Crippen LogP contribution in [0.15, 0.2) is 60.0 Å². The lowest BCUT2D eigenvalue weighted by molar-refractivity contribution is -0.119. The fraction of sp³-hybridized carbons (Fsp3) is 0.250. The molecule has 1 amide bonds. The number of amides is 1. The first-order valence-electron chi connectivity index (χ1n) is 8.72. The van der Waals surface area contributed by atoms with Gasteiger partial charge in [0.2, 0.25) is 11.1 Å². The van der Waals surface area contributed by atoms with Crippen molar-refractivity contribution in [3.63, 3.8) is 0 Å². The topological polar surface area (TPSA) is 78.3 Å². The van der Waals surface area contributed by atoms with E-state index in [4.69, 9.17) is 9.47 Å². The Morgan fingerprint density at radius 3 is 2.68 bits per heavy atom. The van der Waals surface area contributed by atoms with E-state index in [2.05, 4.69) is 15.4 Å². The van der Waals surface area contributed by atoms with Crippen LogP contribution in [0.25, 0.3) is 5.69 Å². The van der Waals surface area contributed by atoms with E-state index in [1.165, 1.54) is 11.8 Å². The van der Waals surface area contributed by atoms with Gasteiger partial charge in [0.05, 0.1) is 31.7 Å². The molecule has 1 heterocycles. The number of nitrogens with zero attached hydrogens (tertiary/aromatic N) is 3. The van der Waals surface area contributed by atoms with E-state index in [9.17, 15) is 4.79 Å². The van der Waals surface area contributed by atoms with Crippen molar-refractivity contribution in [3.05, 3.63) is 60.4 Å². The summed E-state index contributed by atoms with van der Waals surface area (Å²) in [6, 6.07) is 15.0. The predicted molar refractivity (Wildman–Crippen MR) is 108 cm³/mol. The van der Waals surface area contributed by atoms with Crippen molar-refractivity contribution in [2.75, 3.05) is 20.0 Å². The monoisotopic (exact) mass is 398 g/mol. The van der Waals surface area contributed by atoms with Gasteiger partial charge >= 0.3 is 0 Å². The number of para-hydroxylation sites is 1. The smallest absolute Gasteiger partial charge is 0.230 e. The highest BCUT2D eigenvalue weighted by Crippen LogP contribution is 2.29. The van der Waals surface area contributed by atoms with Gasteiger partial charge in [-0.3, -0.25) is 4.79 Å². The molecule has 0 aliphatic rings. The molecule has 0 aliphatic carbocycles. The van der Waals surface area contributed by atoms with E-state index >= 15 is 0 Å². The number of hydrogen-bond donors (Lipinski definition) is 1. The van der Waals surface area contributed by atoms with E-state index in [0.29, 0.717) is 16.7 Å². The van der Waals surface area contributed by atoms with Gasteiger partial charge in [-0.05, 0) is 37.3 Å². The van der Waals surface area contributed by atoms with Crippen LogP contribution in [0.2, 0.25) is 0 Å². The maximum absolute atomic E-state index is 12.4. The van der Waals surface area contributed by atoms with Crippen LogP contribution >= 0.6 is 11.8 Å². The lowest BCUT2D eigenvalue weighted by Gasteiger charge is -2.18. The van der Waals surface area contributed by atoms with Gasteiger partial charge < -0.3 is 14.8 Å². The first-order valence-corrected chi connectivity index (χ1v) is 9.70. The second kappa shape index (κ2) is 9.27. The Morgan fingerprint density at radius 1 is 1.18 bits per heavy atom. The van der Waals surface area contributed by atoms with Crippen molar-refractivity contribution in [3.8, 4) is 17.2 Å². The maximum atomic E-state index is 12.4. The number of ether oxygens (including phenoxy) is 2. The van der Waals surface area contributed by atoms with Gasteiger partial charge in [0.1, 0.15) is 17.8 Å². The normalized spacial score (nSPS) is 11.7. The third-order valence-corrected chi connectivity index (χ3v) is 4.96. The molecule has 1 N–H and O–H groups in total. The molecule has 3 aromatic rings.